The van der Waals surface area contributed by atoms with E-state index in [1.165, 1.54) is 0 Å². The molecule has 1 aromatic carbocycles. The lowest BCUT2D eigenvalue weighted by Gasteiger charge is -2.06. The van der Waals surface area contributed by atoms with Crippen LogP contribution in [0.3, 0.4) is 0 Å². The van der Waals surface area contributed by atoms with Gasteiger partial charge in [0.1, 0.15) is 5.82 Å². The summed E-state index contributed by atoms with van der Waals surface area (Å²) >= 11 is 0. The maximum Gasteiger partial charge on any atom is 0.270 e. The van der Waals surface area contributed by atoms with Crippen LogP contribution in [-0.4, -0.2) is 15.8 Å². The SMILES string of the molecule is Cc1ccc(CNC(=O)c2cc([N+](=O)[O-])ccc2F)cn1. The number of benzene rings is 1. The first-order valence-corrected chi connectivity index (χ1v) is 6.11. The summed E-state index contributed by atoms with van der Waals surface area (Å²) in [6.07, 6.45) is 1.60. The number of hydrogen-bond acceptors (Lipinski definition) is 4. The maximum atomic E-state index is 13.6. The highest BCUT2D eigenvalue weighted by Crippen LogP contribution is 2.16. The van der Waals surface area contributed by atoms with E-state index in [9.17, 15) is 19.3 Å². The molecule has 21 heavy (non-hydrogen) atoms. The zero-order valence-electron chi connectivity index (χ0n) is 11.2. The fraction of sp³-hybridized carbons (Fsp3) is 0.143. The molecule has 0 unspecified atom stereocenters. The van der Waals surface area contributed by atoms with E-state index in [0.29, 0.717) is 0 Å². The number of halogens is 1. The Balaban J connectivity index is 2.11. The number of carbonyl (C=O) groups is 1. The number of pyridine rings is 1. The van der Waals surface area contributed by atoms with Gasteiger partial charge in [0.15, 0.2) is 0 Å². The summed E-state index contributed by atoms with van der Waals surface area (Å²) in [6.45, 7) is 2.00. The first kappa shape index (κ1) is 14.6. The van der Waals surface area contributed by atoms with E-state index in [0.717, 1.165) is 29.5 Å². The van der Waals surface area contributed by atoms with Gasteiger partial charge in [0.05, 0.1) is 10.5 Å². The van der Waals surface area contributed by atoms with Crippen molar-refractivity contribution in [3.05, 3.63) is 69.3 Å². The Kier molecular flexibility index (Phi) is 4.22. The van der Waals surface area contributed by atoms with Crippen molar-refractivity contribution < 1.29 is 14.1 Å². The number of carbonyl (C=O) groups excluding carboxylic acids is 1. The van der Waals surface area contributed by atoms with Crippen molar-refractivity contribution >= 4 is 11.6 Å². The lowest BCUT2D eigenvalue weighted by Crippen LogP contribution is -2.24. The minimum atomic E-state index is -0.805. The summed E-state index contributed by atoms with van der Waals surface area (Å²) in [4.78, 5) is 25.9. The molecule has 1 heterocycles. The van der Waals surface area contributed by atoms with Gasteiger partial charge in [0.25, 0.3) is 11.6 Å². The molecule has 0 fully saturated rings. The zero-order chi connectivity index (χ0) is 15.4. The zero-order valence-corrected chi connectivity index (χ0v) is 11.2. The summed E-state index contributed by atoms with van der Waals surface area (Å²) in [5.74, 6) is -1.52. The normalized spacial score (nSPS) is 10.2. The molecule has 0 aliphatic rings. The Morgan fingerprint density at radius 2 is 2.14 bits per heavy atom. The minimum absolute atomic E-state index is 0.161. The number of nitrogens with zero attached hydrogens (tertiary/aromatic N) is 2. The maximum absolute atomic E-state index is 13.6. The lowest BCUT2D eigenvalue weighted by molar-refractivity contribution is -0.384. The van der Waals surface area contributed by atoms with Gasteiger partial charge in [-0.15, -0.1) is 0 Å². The average molecular weight is 289 g/mol. The van der Waals surface area contributed by atoms with Gasteiger partial charge in [-0.05, 0) is 24.6 Å². The summed E-state index contributed by atoms with van der Waals surface area (Å²) < 4.78 is 13.6. The molecule has 0 spiro atoms. The molecule has 0 bridgehead atoms. The summed E-state index contributed by atoms with van der Waals surface area (Å²) in [5, 5.41) is 13.1. The molecule has 1 aromatic heterocycles. The third-order valence-corrected chi connectivity index (χ3v) is 2.83. The van der Waals surface area contributed by atoms with E-state index in [1.807, 2.05) is 6.92 Å². The number of rotatable bonds is 4. The highest BCUT2D eigenvalue weighted by atomic mass is 19.1. The van der Waals surface area contributed by atoms with Crippen molar-refractivity contribution in [2.75, 3.05) is 0 Å². The summed E-state index contributed by atoms with van der Waals surface area (Å²) in [7, 11) is 0. The number of hydrogen-bond donors (Lipinski definition) is 1. The van der Waals surface area contributed by atoms with Crippen LogP contribution in [0.5, 0.6) is 0 Å². The van der Waals surface area contributed by atoms with Crippen LogP contribution in [0.2, 0.25) is 0 Å². The molecule has 6 nitrogen and oxygen atoms in total. The van der Waals surface area contributed by atoms with Crippen LogP contribution in [0.4, 0.5) is 10.1 Å². The molecule has 1 N–H and O–H groups in total. The fourth-order valence-electron chi connectivity index (χ4n) is 1.68. The van der Waals surface area contributed by atoms with Gasteiger partial charge in [-0.1, -0.05) is 6.07 Å². The molecule has 1 amide bonds. The molecule has 0 aliphatic carbocycles. The van der Waals surface area contributed by atoms with Crippen molar-refractivity contribution in [3.63, 3.8) is 0 Å². The standard InChI is InChI=1S/C14H12FN3O3/c1-9-2-3-10(7-16-9)8-17-14(19)12-6-11(18(20)21)4-5-13(12)15/h2-7H,8H2,1H3,(H,17,19). The van der Waals surface area contributed by atoms with Crippen molar-refractivity contribution in [1.82, 2.24) is 10.3 Å². The highest BCUT2D eigenvalue weighted by molar-refractivity contribution is 5.95. The monoisotopic (exact) mass is 289 g/mol. The molecule has 0 aliphatic heterocycles. The van der Waals surface area contributed by atoms with E-state index in [-0.39, 0.29) is 17.8 Å². The van der Waals surface area contributed by atoms with E-state index in [2.05, 4.69) is 10.3 Å². The van der Waals surface area contributed by atoms with Crippen LogP contribution >= 0.6 is 0 Å². The van der Waals surface area contributed by atoms with Crippen LogP contribution in [0.1, 0.15) is 21.6 Å². The predicted molar refractivity (Wildman–Crippen MR) is 73.2 cm³/mol. The van der Waals surface area contributed by atoms with E-state index < -0.39 is 16.6 Å². The van der Waals surface area contributed by atoms with Gasteiger partial charge in [0, 0.05) is 30.6 Å². The smallest absolute Gasteiger partial charge is 0.270 e. The van der Waals surface area contributed by atoms with Gasteiger partial charge < -0.3 is 5.32 Å². The van der Waals surface area contributed by atoms with Crippen LogP contribution in [0.25, 0.3) is 0 Å². The van der Waals surface area contributed by atoms with Crippen molar-refractivity contribution in [2.24, 2.45) is 0 Å². The number of nitro groups is 1. The van der Waals surface area contributed by atoms with Crippen LogP contribution in [0.15, 0.2) is 36.5 Å². The Morgan fingerprint density at radius 1 is 1.38 bits per heavy atom. The summed E-state index contributed by atoms with van der Waals surface area (Å²) in [6, 6.07) is 6.40. The number of aromatic nitrogens is 1. The predicted octanol–water partition coefficient (Wildman–Crippen LogP) is 2.37. The first-order valence-electron chi connectivity index (χ1n) is 6.11. The van der Waals surface area contributed by atoms with Gasteiger partial charge >= 0.3 is 0 Å². The first-order chi connectivity index (χ1) is 9.97. The Hall–Kier alpha value is -2.83. The van der Waals surface area contributed by atoms with E-state index in [1.54, 1.807) is 18.3 Å². The number of nitro benzene ring substituents is 1. The van der Waals surface area contributed by atoms with Crippen molar-refractivity contribution in [2.45, 2.75) is 13.5 Å². The second-order valence-corrected chi connectivity index (χ2v) is 4.41. The molecular formula is C14H12FN3O3. The Bertz CT molecular complexity index is 686. The molecular weight excluding hydrogens is 277 g/mol. The van der Waals surface area contributed by atoms with Crippen molar-refractivity contribution in [1.29, 1.82) is 0 Å². The molecule has 0 atom stereocenters. The Morgan fingerprint density at radius 3 is 2.76 bits per heavy atom. The molecule has 2 aromatic rings. The Labute approximate surface area is 119 Å². The summed E-state index contributed by atoms with van der Waals surface area (Å²) in [5.41, 5.74) is 0.900. The number of non-ortho nitro benzene ring substituents is 1. The number of nitrogens with one attached hydrogen (secondary N) is 1. The number of amides is 1. The second kappa shape index (κ2) is 6.08. The van der Waals surface area contributed by atoms with Crippen molar-refractivity contribution in [3.8, 4) is 0 Å². The largest absolute Gasteiger partial charge is 0.348 e. The third kappa shape index (κ3) is 3.59. The van der Waals surface area contributed by atoms with Gasteiger partial charge in [0.2, 0.25) is 0 Å². The van der Waals surface area contributed by atoms with Gasteiger partial charge in [-0.3, -0.25) is 19.9 Å². The van der Waals surface area contributed by atoms with Crippen LogP contribution < -0.4 is 5.32 Å². The van der Waals surface area contributed by atoms with E-state index in [4.69, 9.17) is 0 Å². The fourth-order valence-corrected chi connectivity index (χ4v) is 1.68. The quantitative estimate of drug-likeness (QED) is 0.691. The molecule has 0 saturated carbocycles. The topological polar surface area (TPSA) is 85.1 Å². The van der Waals surface area contributed by atoms with Crippen LogP contribution in [-0.2, 0) is 6.54 Å². The minimum Gasteiger partial charge on any atom is -0.348 e. The molecule has 108 valence electrons. The van der Waals surface area contributed by atoms with Crippen LogP contribution in [0, 0.1) is 22.9 Å². The molecule has 0 radical (unpaired) electrons. The molecule has 2 rings (SSSR count). The second-order valence-electron chi connectivity index (χ2n) is 4.41. The number of aryl methyl sites for hydroxylation is 1. The lowest BCUT2D eigenvalue weighted by atomic mass is 10.1. The molecule has 7 heteroatoms. The highest BCUT2D eigenvalue weighted by Gasteiger charge is 2.16. The molecule has 0 saturated heterocycles. The average Bonchev–Trinajstić information content (AvgIpc) is 2.46. The third-order valence-electron chi connectivity index (χ3n) is 2.83. The van der Waals surface area contributed by atoms with E-state index >= 15 is 0 Å². The van der Waals surface area contributed by atoms with Gasteiger partial charge in [-0.25, -0.2) is 4.39 Å². The van der Waals surface area contributed by atoms with Gasteiger partial charge in [-0.2, -0.15) is 0 Å².